The van der Waals surface area contributed by atoms with Gasteiger partial charge >= 0.3 is 0 Å². The molecule has 2 heterocycles. The van der Waals surface area contributed by atoms with Crippen molar-refractivity contribution in [3.63, 3.8) is 0 Å². The molecule has 0 aliphatic heterocycles. The Hall–Kier alpha value is -3.52. The van der Waals surface area contributed by atoms with E-state index in [1.807, 2.05) is 43.5 Å². The van der Waals surface area contributed by atoms with Crippen molar-refractivity contribution in [2.24, 2.45) is 0 Å². The van der Waals surface area contributed by atoms with Gasteiger partial charge in [0.05, 0.1) is 11.4 Å². The molecule has 0 saturated carbocycles. The second-order valence-corrected chi connectivity index (χ2v) is 7.57. The smallest absolute Gasteiger partial charge is 0.263 e. The molecule has 30 heavy (non-hydrogen) atoms. The molecule has 1 N–H and O–H groups in total. The number of hydrogen-bond acceptors (Lipinski definition) is 5. The van der Waals surface area contributed by atoms with Gasteiger partial charge in [0.1, 0.15) is 5.82 Å². The minimum Gasteiger partial charge on any atom is -0.481 e. The number of nitrogens with one attached hydrogen (secondary N) is 1. The minimum absolute atomic E-state index is 0.0278. The first-order valence-corrected chi connectivity index (χ1v) is 10.1. The zero-order valence-corrected chi connectivity index (χ0v) is 17.2. The van der Waals surface area contributed by atoms with Gasteiger partial charge in [-0.3, -0.25) is 4.79 Å². The summed E-state index contributed by atoms with van der Waals surface area (Å²) in [5.41, 5.74) is 3.76. The average Bonchev–Trinajstić information content (AvgIpc) is 3.34. The van der Waals surface area contributed by atoms with Crippen LogP contribution in [-0.4, -0.2) is 27.3 Å². The molecule has 6 nitrogen and oxygen atoms in total. The van der Waals surface area contributed by atoms with Crippen LogP contribution in [0.2, 0.25) is 0 Å². The summed E-state index contributed by atoms with van der Waals surface area (Å²) in [6, 6.07) is 15.8. The van der Waals surface area contributed by atoms with Gasteiger partial charge in [-0.05, 0) is 26.0 Å². The molecule has 1 amide bonds. The number of hydrogen-bond donors (Lipinski definition) is 1. The SMILES string of the molecule is Cc1ccc(-c2csc(-n3nc(C)cc3NC(=O)COc3ccccc3F)n2)cc1. The molecular formula is C22H19FN4O2S. The van der Waals surface area contributed by atoms with Crippen molar-refractivity contribution in [2.75, 3.05) is 11.9 Å². The average molecular weight is 422 g/mol. The van der Waals surface area contributed by atoms with Crippen molar-refractivity contribution in [2.45, 2.75) is 13.8 Å². The third kappa shape index (κ3) is 4.38. The van der Waals surface area contributed by atoms with Crippen LogP contribution in [0.25, 0.3) is 16.4 Å². The fourth-order valence-electron chi connectivity index (χ4n) is 2.84. The normalized spacial score (nSPS) is 10.8. The number of rotatable bonds is 6. The second-order valence-electron chi connectivity index (χ2n) is 6.73. The summed E-state index contributed by atoms with van der Waals surface area (Å²) in [7, 11) is 0. The molecule has 152 valence electrons. The minimum atomic E-state index is -0.516. The Morgan fingerprint density at radius 2 is 1.93 bits per heavy atom. The number of para-hydroxylation sites is 1. The Balaban J connectivity index is 1.49. The Bertz CT molecular complexity index is 1180. The van der Waals surface area contributed by atoms with Crippen LogP contribution in [0.4, 0.5) is 10.2 Å². The molecule has 0 spiro atoms. The van der Waals surface area contributed by atoms with Gasteiger partial charge in [0.2, 0.25) is 5.13 Å². The highest BCUT2D eigenvalue weighted by molar-refractivity contribution is 7.12. The van der Waals surface area contributed by atoms with Gasteiger partial charge in [0.15, 0.2) is 18.2 Å². The van der Waals surface area contributed by atoms with Crippen molar-refractivity contribution in [1.29, 1.82) is 0 Å². The lowest BCUT2D eigenvalue weighted by Gasteiger charge is -2.08. The van der Waals surface area contributed by atoms with Crippen molar-refractivity contribution >= 4 is 23.1 Å². The summed E-state index contributed by atoms with van der Waals surface area (Å²) in [6.45, 7) is 3.54. The predicted octanol–water partition coefficient (Wildman–Crippen LogP) is 4.77. The Morgan fingerprint density at radius 1 is 1.17 bits per heavy atom. The van der Waals surface area contributed by atoms with E-state index in [1.54, 1.807) is 22.9 Å². The van der Waals surface area contributed by atoms with Crippen LogP contribution in [-0.2, 0) is 4.79 Å². The number of aromatic nitrogens is 3. The molecule has 2 aromatic carbocycles. The van der Waals surface area contributed by atoms with E-state index in [4.69, 9.17) is 4.74 Å². The Kier molecular flexibility index (Phi) is 5.58. The number of thiazole rings is 1. The highest BCUT2D eigenvalue weighted by Crippen LogP contribution is 2.26. The Morgan fingerprint density at radius 3 is 2.70 bits per heavy atom. The highest BCUT2D eigenvalue weighted by Gasteiger charge is 2.15. The van der Waals surface area contributed by atoms with E-state index in [0.29, 0.717) is 10.9 Å². The summed E-state index contributed by atoms with van der Waals surface area (Å²) < 4.78 is 20.5. The number of aryl methyl sites for hydroxylation is 2. The first kappa shape index (κ1) is 19.8. The van der Waals surface area contributed by atoms with E-state index >= 15 is 0 Å². The molecule has 2 aromatic heterocycles. The summed E-state index contributed by atoms with van der Waals surface area (Å²) in [5, 5.41) is 9.77. The lowest BCUT2D eigenvalue weighted by molar-refractivity contribution is -0.118. The van der Waals surface area contributed by atoms with E-state index in [0.717, 1.165) is 17.0 Å². The van der Waals surface area contributed by atoms with Gasteiger partial charge < -0.3 is 10.1 Å². The highest BCUT2D eigenvalue weighted by atomic mass is 32.1. The van der Waals surface area contributed by atoms with Gasteiger partial charge in [-0.25, -0.2) is 9.37 Å². The standard InChI is InChI=1S/C22H19FN4O2S/c1-14-7-9-16(10-8-14)18-13-30-22(24-18)27-20(11-15(2)26-27)25-21(28)12-29-19-6-4-3-5-17(19)23/h3-11,13H,12H2,1-2H3,(H,25,28). The van der Waals surface area contributed by atoms with Crippen LogP contribution >= 0.6 is 11.3 Å². The summed E-state index contributed by atoms with van der Waals surface area (Å²) >= 11 is 1.43. The number of halogens is 1. The largest absolute Gasteiger partial charge is 0.481 e. The molecule has 0 unspecified atom stereocenters. The molecular weight excluding hydrogens is 403 g/mol. The van der Waals surface area contributed by atoms with Crippen molar-refractivity contribution in [3.8, 4) is 22.1 Å². The quantitative estimate of drug-likeness (QED) is 0.486. The maximum Gasteiger partial charge on any atom is 0.263 e. The lowest BCUT2D eigenvalue weighted by atomic mass is 10.1. The molecule has 8 heteroatoms. The zero-order valence-electron chi connectivity index (χ0n) is 16.4. The Labute approximate surface area is 177 Å². The van der Waals surface area contributed by atoms with Crippen LogP contribution in [0.15, 0.2) is 60.0 Å². The molecule has 0 aliphatic carbocycles. The molecule has 4 rings (SSSR count). The second kappa shape index (κ2) is 8.46. The van der Waals surface area contributed by atoms with Crippen molar-refractivity contribution < 1.29 is 13.9 Å². The molecule has 0 bridgehead atoms. The number of ether oxygens (including phenoxy) is 1. The third-order valence-electron chi connectivity index (χ3n) is 4.32. The van der Waals surface area contributed by atoms with Crippen molar-refractivity contribution in [1.82, 2.24) is 14.8 Å². The van der Waals surface area contributed by atoms with Crippen LogP contribution < -0.4 is 10.1 Å². The van der Waals surface area contributed by atoms with E-state index in [-0.39, 0.29) is 12.4 Å². The first-order valence-electron chi connectivity index (χ1n) is 9.26. The summed E-state index contributed by atoms with van der Waals surface area (Å²) in [6.07, 6.45) is 0. The molecule has 0 fully saturated rings. The molecule has 0 aliphatic rings. The third-order valence-corrected chi connectivity index (χ3v) is 5.13. The topological polar surface area (TPSA) is 69.0 Å². The number of nitrogens with zero attached hydrogens (tertiary/aromatic N) is 3. The molecule has 0 atom stereocenters. The van der Waals surface area contributed by atoms with Gasteiger partial charge in [-0.1, -0.05) is 42.0 Å². The number of carbonyl (C=O) groups is 1. The number of amides is 1. The van der Waals surface area contributed by atoms with Gasteiger partial charge in [0.25, 0.3) is 5.91 Å². The predicted molar refractivity (Wildman–Crippen MR) is 115 cm³/mol. The van der Waals surface area contributed by atoms with Crippen LogP contribution in [0, 0.1) is 19.7 Å². The fraction of sp³-hybridized carbons (Fsp3) is 0.136. The summed E-state index contributed by atoms with van der Waals surface area (Å²) in [4.78, 5) is 17.0. The van der Waals surface area contributed by atoms with Crippen LogP contribution in [0.3, 0.4) is 0 Å². The lowest BCUT2D eigenvalue weighted by Crippen LogP contribution is -2.22. The van der Waals surface area contributed by atoms with Crippen molar-refractivity contribution in [3.05, 3.63) is 77.1 Å². The van der Waals surface area contributed by atoms with E-state index in [1.165, 1.54) is 29.0 Å². The van der Waals surface area contributed by atoms with Crippen LogP contribution in [0.5, 0.6) is 5.75 Å². The molecule has 0 saturated heterocycles. The van der Waals surface area contributed by atoms with Gasteiger partial charge in [0, 0.05) is 17.0 Å². The maximum atomic E-state index is 13.6. The summed E-state index contributed by atoms with van der Waals surface area (Å²) in [5.74, 6) is -0.438. The number of benzene rings is 2. The molecule has 4 aromatic rings. The maximum absolute atomic E-state index is 13.6. The van der Waals surface area contributed by atoms with Gasteiger partial charge in [-0.15, -0.1) is 11.3 Å². The van der Waals surface area contributed by atoms with Gasteiger partial charge in [-0.2, -0.15) is 9.78 Å². The van der Waals surface area contributed by atoms with E-state index < -0.39 is 11.7 Å². The van der Waals surface area contributed by atoms with E-state index in [9.17, 15) is 9.18 Å². The first-order chi connectivity index (χ1) is 14.5. The number of anilines is 1. The fourth-order valence-corrected chi connectivity index (χ4v) is 3.63. The number of carbonyl (C=O) groups excluding carboxylic acids is 1. The van der Waals surface area contributed by atoms with E-state index in [2.05, 4.69) is 15.4 Å². The van der Waals surface area contributed by atoms with Crippen LogP contribution in [0.1, 0.15) is 11.3 Å². The zero-order chi connectivity index (χ0) is 21.1. The monoisotopic (exact) mass is 422 g/mol. The molecule has 0 radical (unpaired) electrons.